The van der Waals surface area contributed by atoms with Crippen LogP contribution < -0.4 is 9.47 Å². The maximum atomic E-state index is 12.5. The zero-order valence-corrected chi connectivity index (χ0v) is 15.7. The van der Waals surface area contributed by atoms with Gasteiger partial charge in [0.25, 0.3) is 0 Å². The fourth-order valence-corrected chi connectivity index (χ4v) is 3.00. The van der Waals surface area contributed by atoms with Crippen LogP contribution in [0.3, 0.4) is 0 Å². The summed E-state index contributed by atoms with van der Waals surface area (Å²) in [6.45, 7) is 4.10. The van der Waals surface area contributed by atoms with Crippen LogP contribution >= 0.6 is 0 Å². The number of hydrogen-bond donors (Lipinski definition) is 0. The molecule has 0 unspecified atom stereocenters. The van der Waals surface area contributed by atoms with E-state index in [1.807, 2.05) is 37.2 Å². The fraction of sp³-hybridized carbons (Fsp3) is 0.381. The molecule has 0 spiro atoms. The zero-order valence-electron chi connectivity index (χ0n) is 15.7. The Morgan fingerprint density at radius 1 is 0.923 bits per heavy atom. The van der Waals surface area contributed by atoms with Crippen molar-refractivity contribution >= 4 is 5.91 Å². The second-order valence-electron chi connectivity index (χ2n) is 6.78. The molecule has 26 heavy (non-hydrogen) atoms. The molecule has 0 aromatic heterocycles. The fourth-order valence-electron chi connectivity index (χ4n) is 3.00. The van der Waals surface area contributed by atoms with E-state index in [2.05, 4.69) is 31.2 Å². The first kappa shape index (κ1) is 18.3. The Morgan fingerprint density at radius 2 is 1.58 bits per heavy atom. The van der Waals surface area contributed by atoms with Crippen LogP contribution in [0.1, 0.15) is 23.6 Å². The molecule has 1 amide bonds. The largest absolute Gasteiger partial charge is 0.454 e. The van der Waals surface area contributed by atoms with Crippen molar-refractivity contribution in [2.75, 3.05) is 27.4 Å². The number of ether oxygens (including phenoxy) is 2. The molecule has 0 radical (unpaired) electrons. The summed E-state index contributed by atoms with van der Waals surface area (Å²) in [4.78, 5) is 16.3. The molecule has 1 heterocycles. The lowest BCUT2D eigenvalue weighted by Crippen LogP contribution is -2.36. The van der Waals surface area contributed by atoms with Gasteiger partial charge in [-0.1, -0.05) is 37.3 Å². The van der Waals surface area contributed by atoms with Crippen LogP contribution in [-0.2, 0) is 24.3 Å². The minimum absolute atomic E-state index is 0.104. The minimum Gasteiger partial charge on any atom is -0.454 e. The number of rotatable bonds is 7. The summed E-state index contributed by atoms with van der Waals surface area (Å²) in [6, 6.07) is 14.3. The Labute approximate surface area is 155 Å². The van der Waals surface area contributed by atoms with E-state index >= 15 is 0 Å². The second kappa shape index (κ2) is 8.23. The van der Waals surface area contributed by atoms with Crippen LogP contribution in [-0.4, -0.2) is 43.1 Å². The molecule has 0 aliphatic carbocycles. The molecule has 1 aliphatic heterocycles. The number of hydrogen-bond acceptors (Lipinski definition) is 4. The third-order valence-electron chi connectivity index (χ3n) is 4.57. The molecule has 5 nitrogen and oxygen atoms in total. The summed E-state index contributed by atoms with van der Waals surface area (Å²) in [5, 5.41) is 0. The Balaban J connectivity index is 1.51. The van der Waals surface area contributed by atoms with Gasteiger partial charge in [0.1, 0.15) is 0 Å². The molecule has 1 aliphatic rings. The molecule has 0 N–H and O–H groups in total. The maximum absolute atomic E-state index is 12.5. The number of carbonyl (C=O) groups excluding carboxylic acids is 1. The van der Waals surface area contributed by atoms with E-state index in [1.54, 1.807) is 4.90 Å². The third-order valence-corrected chi connectivity index (χ3v) is 4.57. The number of aryl methyl sites for hydroxylation is 1. The van der Waals surface area contributed by atoms with E-state index in [0.717, 1.165) is 29.0 Å². The van der Waals surface area contributed by atoms with Crippen molar-refractivity contribution in [3.63, 3.8) is 0 Å². The summed E-state index contributed by atoms with van der Waals surface area (Å²) in [7, 11) is 3.80. The van der Waals surface area contributed by atoms with Gasteiger partial charge < -0.3 is 14.4 Å². The first-order chi connectivity index (χ1) is 12.5. The molecular weight excluding hydrogens is 328 g/mol. The van der Waals surface area contributed by atoms with E-state index in [9.17, 15) is 4.79 Å². The minimum atomic E-state index is 0.104. The smallest absolute Gasteiger partial charge is 0.236 e. The molecular formula is C21H26N2O3. The van der Waals surface area contributed by atoms with E-state index in [4.69, 9.17) is 9.47 Å². The third kappa shape index (κ3) is 4.55. The van der Waals surface area contributed by atoms with Crippen LogP contribution in [0, 0.1) is 0 Å². The van der Waals surface area contributed by atoms with Crippen LogP contribution in [0.15, 0.2) is 42.5 Å². The first-order valence-electron chi connectivity index (χ1n) is 8.94. The molecule has 0 fully saturated rings. The average Bonchev–Trinajstić information content (AvgIpc) is 3.10. The van der Waals surface area contributed by atoms with Crippen LogP contribution in [0.2, 0.25) is 0 Å². The number of benzene rings is 2. The quantitative estimate of drug-likeness (QED) is 0.766. The van der Waals surface area contributed by atoms with Gasteiger partial charge in [0, 0.05) is 20.1 Å². The van der Waals surface area contributed by atoms with E-state index in [1.165, 1.54) is 5.56 Å². The molecule has 5 heteroatoms. The normalized spacial score (nSPS) is 12.5. The van der Waals surface area contributed by atoms with Crippen LogP contribution in [0.4, 0.5) is 0 Å². The number of amides is 1. The van der Waals surface area contributed by atoms with Gasteiger partial charge in [0.05, 0.1) is 6.54 Å². The van der Waals surface area contributed by atoms with Crippen molar-refractivity contribution < 1.29 is 14.3 Å². The molecule has 2 aromatic rings. The van der Waals surface area contributed by atoms with Crippen LogP contribution in [0.25, 0.3) is 0 Å². The lowest BCUT2D eigenvalue weighted by atomic mass is 10.1. The van der Waals surface area contributed by atoms with Crippen LogP contribution in [0.5, 0.6) is 11.5 Å². The molecule has 138 valence electrons. The summed E-state index contributed by atoms with van der Waals surface area (Å²) >= 11 is 0. The molecule has 3 rings (SSSR count). The Bertz CT molecular complexity index is 758. The summed E-state index contributed by atoms with van der Waals surface area (Å²) < 4.78 is 10.7. The summed E-state index contributed by atoms with van der Waals surface area (Å²) in [6.07, 6.45) is 1.03. The SMILES string of the molecule is CCc1ccc(CN(C)C(=O)CN(C)Cc2ccc3c(c2)OCO3)cc1. The highest BCUT2D eigenvalue weighted by Gasteiger charge is 2.16. The highest BCUT2D eigenvalue weighted by Crippen LogP contribution is 2.32. The molecule has 0 saturated heterocycles. The van der Waals surface area contributed by atoms with Crippen molar-refractivity contribution in [1.29, 1.82) is 0 Å². The molecule has 0 saturated carbocycles. The Morgan fingerprint density at radius 3 is 2.31 bits per heavy atom. The van der Waals surface area contributed by atoms with E-state index in [0.29, 0.717) is 19.6 Å². The van der Waals surface area contributed by atoms with Gasteiger partial charge >= 0.3 is 0 Å². The monoisotopic (exact) mass is 354 g/mol. The number of likely N-dealkylation sites (N-methyl/N-ethyl adjacent to an activating group) is 2. The van der Waals surface area contributed by atoms with Crippen molar-refractivity contribution in [3.05, 3.63) is 59.2 Å². The van der Waals surface area contributed by atoms with Gasteiger partial charge in [0.15, 0.2) is 11.5 Å². The molecule has 0 atom stereocenters. The van der Waals surface area contributed by atoms with Crippen molar-refractivity contribution in [2.45, 2.75) is 26.4 Å². The number of fused-ring (bicyclic) bond motifs is 1. The topological polar surface area (TPSA) is 42.0 Å². The predicted octanol–water partition coefficient (Wildman–Crippen LogP) is 3.07. The van der Waals surface area contributed by atoms with Crippen molar-refractivity contribution in [3.8, 4) is 11.5 Å². The lowest BCUT2D eigenvalue weighted by Gasteiger charge is -2.22. The van der Waals surface area contributed by atoms with Gasteiger partial charge in [-0.05, 0) is 42.3 Å². The van der Waals surface area contributed by atoms with Gasteiger partial charge in [-0.25, -0.2) is 0 Å². The highest BCUT2D eigenvalue weighted by molar-refractivity contribution is 5.78. The molecule has 0 bridgehead atoms. The van der Waals surface area contributed by atoms with E-state index < -0.39 is 0 Å². The Kier molecular flexibility index (Phi) is 5.78. The van der Waals surface area contributed by atoms with Gasteiger partial charge in [-0.3, -0.25) is 9.69 Å². The Hall–Kier alpha value is -2.53. The maximum Gasteiger partial charge on any atom is 0.236 e. The highest BCUT2D eigenvalue weighted by atomic mass is 16.7. The number of nitrogens with zero attached hydrogens (tertiary/aromatic N) is 2. The van der Waals surface area contributed by atoms with Gasteiger partial charge in [-0.15, -0.1) is 0 Å². The summed E-state index contributed by atoms with van der Waals surface area (Å²) in [5.74, 6) is 1.66. The first-order valence-corrected chi connectivity index (χ1v) is 8.94. The summed E-state index contributed by atoms with van der Waals surface area (Å²) in [5.41, 5.74) is 3.56. The van der Waals surface area contributed by atoms with Gasteiger partial charge in [-0.2, -0.15) is 0 Å². The van der Waals surface area contributed by atoms with Gasteiger partial charge in [0.2, 0.25) is 12.7 Å². The standard InChI is InChI=1S/C21H26N2O3/c1-4-16-5-7-17(8-6-16)13-23(3)21(24)14-22(2)12-18-9-10-19-20(11-18)26-15-25-19/h5-11H,4,12-15H2,1-3H3. The average molecular weight is 354 g/mol. The van der Waals surface area contributed by atoms with E-state index in [-0.39, 0.29) is 12.7 Å². The zero-order chi connectivity index (χ0) is 18.5. The second-order valence-corrected chi connectivity index (χ2v) is 6.78. The lowest BCUT2D eigenvalue weighted by molar-refractivity contribution is -0.131. The predicted molar refractivity (Wildman–Crippen MR) is 101 cm³/mol. The number of carbonyl (C=O) groups is 1. The van der Waals surface area contributed by atoms with Crippen molar-refractivity contribution in [2.24, 2.45) is 0 Å². The molecule has 2 aromatic carbocycles. The van der Waals surface area contributed by atoms with Crippen molar-refractivity contribution in [1.82, 2.24) is 9.80 Å².